The van der Waals surface area contributed by atoms with E-state index < -0.39 is 0 Å². The minimum atomic E-state index is -0.307. The van der Waals surface area contributed by atoms with Crippen LogP contribution in [0, 0.1) is 11.3 Å². The van der Waals surface area contributed by atoms with Gasteiger partial charge in [-0.2, -0.15) is 5.26 Å². The number of carbonyl (C=O) groups excluding carboxylic acids is 1. The van der Waals surface area contributed by atoms with Crippen molar-refractivity contribution in [3.05, 3.63) is 153 Å². The summed E-state index contributed by atoms with van der Waals surface area (Å²) in [6.45, 7) is 1.51. The highest BCUT2D eigenvalue weighted by Crippen LogP contribution is 2.28. The van der Waals surface area contributed by atoms with Crippen molar-refractivity contribution >= 4 is 29.1 Å². The fraction of sp³-hybridized carbons (Fsp3) is 0.194. The molecule has 9 heteroatoms. The zero-order chi connectivity index (χ0) is 31.6. The van der Waals surface area contributed by atoms with Crippen LogP contribution < -0.4 is 10.5 Å². The summed E-state index contributed by atoms with van der Waals surface area (Å²) in [7, 11) is 0. The number of aromatic nitrogens is 2. The molecule has 7 nitrogen and oxygen atoms in total. The summed E-state index contributed by atoms with van der Waals surface area (Å²) in [4.78, 5) is 20.2. The lowest BCUT2D eigenvalue weighted by molar-refractivity contribution is -0.133. The molecule has 0 radical (unpaired) electrons. The Morgan fingerprint density at radius 3 is 2.38 bits per heavy atom. The van der Waals surface area contributed by atoms with E-state index in [1.165, 1.54) is 0 Å². The highest BCUT2D eigenvalue weighted by molar-refractivity contribution is 6.42. The number of nitriles is 1. The first-order valence-corrected chi connectivity index (χ1v) is 15.3. The van der Waals surface area contributed by atoms with E-state index in [1.54, 1.807) is 35.6 Å². The van der Waals surface area contributed by atoms with Gasteiger partial charge in [-0.25, -0.2) is 4.98 Å². The van der Waals surface area contributed by atoms with Gasteiger partial charge in [0.25, 0.3) is 0 Å². The van der Waals surface area contributed by atoms with E-state index in [0.29, 0.717) is 35.2 Å². The van der Waals surface area contributed by atoms with Crippen LogP contribution >= 0.6 is 23.2 Å². The van der Waals surface area contributed by atoms with Crippen LogP contribution in [0.2, 0.25) is 10.0 Å². The van der Waals surface area contributed by atoms with Crippen molar-refractivity contribution in [2.75, 3.05) is 6.54 Å². The zero-order valence-electron chi connectivity index (χ0n) is 24.7. The number of ether oxygens (including phenoxy) is 1. The first kappa shape index (κ1) is 31.8. The van der Waals surface area contributed by atoms with E-state index in [-0.39, 0.29) is 31.5 Å². The lowest BCUT2D eigenvalue weighted by atomic mass is 10.0. The molecule has 2 N–H and O–H groups in total. The number of halogens is 2. The third kappa shape index (κ3) is 8.52. The molecule has 228 valence electrons. The van der Waals surface area contributed by atoms with Crippen LogP contribution in [0.15, 0.2) is 110 Å². The predicted octanol–water partition coefficient (Wildman–Crippen LogP) is 6.83. The normalized spacial score (nSPS) is 11.5. The molecule has 5 rings (SSSR count). The van der Waals surface area contributed by atoms with Gasteiger partial charge in [-0.05, 0) is 59.0 Å². The molecule has 4 aromatic carbocycles. The van der Waals surface area contributed by atoms with Crippen molar-refractivity contribution < 1.29 is 9.53 Å². The minimum Gasteiger partial charge on any atom is -0.489 e. The van der Waals surface area contributed by atoms with E-state index >= 15 is 0 Å². The zero-order valence-corrected chi connectivity index (χ0v) is 26.2. The second-order valence-electron chi connectivity index (χ2n) is 10.7. The molecule has 1 amide bonds. The fourth-order valence-corrected chi connectivity index (χ4v) is 5.49. The van der Waals surface area contributed by atoms with E-state index in [1.807, 2.05) is 83.4 Å². The number of hydrogen-bond donors (Lipinski definition) is 1. The monoisotopic (exact) mass is 637 g/mol. The average molecular weight is 639 g/mol. The van der Waals surface area contributed by atoms with E-state index in [2.05, 4.69) is 11.1 Å². The molecule has 1 atom stereocenters. The number of nitrogens with two attached hydrogens (primary N) is 1. The van der Waals surface area contributed by atoms with Crippen molar-refractivity contribution in [3.8, 4) is 11.8 Å². The van der Waals surface area contributed by atoms with E-state index in [4.69, 9.17) is 38.9 Å². The molecule has 0 fully saturated rings. The van der Waals surface area contributed by atoms with Gasteiger partial charge >= 0.3 is 0 Å². The molecular weight excluding hydrogens is 605 g/mol. The second-order valence-corrected chi connectivity index (χ2v) is 11.5. The van der Waals surface area contributed by atoms with Crippen LogP contribution in [-0.4, -0.2) is 32.9 Å². The van der Waals surface area contributed by atoms with Crippen molar-refractivity contribution in [1.29, 1.82) is 5.26 Å². The van der Waals surface area contributed by atoms with Crippen LogP contribution in [0.25, 0.3) is 0 Å². The van der Waals surface area contributed by atoms with Crippen molar-refractivity contribution in [1.82, 2.24) is 14.5 Å². The minimum absolute atomic E-state index is 0.106. The average Bonchev–Trinajstić information content (AvgIpc) is 3.50. The van der Waals surface area contributed by atoms with Gasteiger partial charge in [0, 0.05) is 37.6 Å². The fourth-order valence-electron chi connectivity index (χ4n) is 5.11. The molecule has 0 saturated carbocycles. The largest absolute Gasteiger partial charge is 0.489 e. The summed E-state index contributed by atoms with van der Waals surface area (Å²) < 4.78 is 7.89. The third-order valence-electron chi connectivity index (χ3n) is 7.62. The standard InChI is InChI=1S/C36H33Cl2N5O2/c37-34-8-4-7-30(36(34)38)23-43(35(44)18-32-21-41-25-42(32)22-28-11-9-27(19-39)10-12-28)31(20-40)17-26-13-15-33(16-14-26)45-24-29-5-2-1-3-6-29/h1-16,21,25,31H,17-18,20,22-24,40H2/t31-/m0/s1. The number of benzene rings is 4. The summed E-state index contributed by atoms with van der Waals surface area (Å²) in [6, 6.07) is 32.5. The number of nitrogens with zero attached hydrogens (tertiary/aromatic N) is 4. The Morgan fingerprint density at radius 2 is 1.67 bits per heavy atom. The quantitative estimate of drug-likeness (QED) is 0.153. The van der Waals surface area contributed by atoms with Gasteiger partial charge in [-0.15, -0.1) is 0 Å². The predicted molar refractivity (Wildman–Crippen MR) is 177 cm³/mol. The van der Waals surface area contributed by atoms with Gasteiger partial charge in [0.15, 0.2) is 0 Å². The highest BCUT2D eigenvalue weighted by Gasteiger charge is 2.26. The SMILES string of the molecule is N#Cc1ccc(Cn2cncc2CC(=O)N(Cc2cccc(Cl)c2Cl)[C@H](CN)Cc2ccc(OCc3ccccc3)cc2)cc1. The Hall–Kier alpha value is -4.61. The topological polar surface area (TPSA) is 97.2 Å². The van der Waals surface area contributed by atoms with Crippen LogP contribution in [-0.2, 0) is 37.3 Å². The third-order valence-corrected chi connectivity index (χ3v) is 8.47. The van der Waals surface area contributed by atoms with Gasteiger partial charge in [-0.3, -0.25) is 4.79 Å². The summed E-state index contributed by atoms with van der Waals surface area (Å²) >= 11 is 12.9. The molecular formula is C36H33Cl2N5O2. The number of carbonyl (C=O) groups is 1. The molecule has 0 unspecified atom stereocenters. The highest BCUT2D eigenvalue weighted by atomic mass is 35.5. The van der Waals surface area contributed by atoms with Crippen molar-refractivity contribution in [3.63, 3.8) is 0 Å². The number of amides is 1. The molecule has 1 aromatic heterocycles. The lowest BCUT2D eigenvalue weighted by Gasteiger charge is -2.32. The van der Waals surface area contributed by atoms with Gasteiger partial charge in [-0.1, -0.05) is 89.9 Å². The van der Waals surface area contributed by atoms with Gasteiger partial charge in [0.2, 0.25) is 5.91 Å². The smallest absolute Gasteiger partial charge is 0.229 e. The summed E-state index contributed by atoms with van der Waals surface area (Å²) in [5.41, 5.74) is 11.6. The molecule has 0 aliphatic rings. The maximum absolute atomic E-state index is 14.1. The van der Waals surface area contributed by atoms with Crippen LogP contribution in [0.5, 0.6) is 5.75 Å². The Morgan fingerprint density at radius 1 is 0.933 bits per heavy atom. The Labute approximate surface area is 273 Å². The molecule has 0 spiro atoms. The number of rotatable bonds is 13. The summed E-state index contributed by atoms with van der Waals surface area (Å²) in [5.74, 6) is 0.659. The van der Waals surface area contributed by atoms with Crippen LogP contribution in [0.3, 0.4) is 0 Å². The molecule has 45 heavy (non-hydrogen) atoms. The van der Waals surface area contributed by atoms with Crippen LogP contribution in [0.4, 0.5) is 0 Å². The molecule has 5 aromatic rings. The maximum Gasteiger partial charge on any atom is 0.229 e. The summed E-state index contributed by atoms with van der Waals surface area (Å²) in [5, 5.41) is 9.96. The van der Waals surface area contributed by atoms with Crippen molar-refractivity contribution in [2.45, 2.75) is 38.6 Å². The molecule has 0 saturated heterocycles. The van der Waals surface area contributed by atoms with Gasteiger partial charge in [0.1, 0.15) is 12.4 Å². The number of imidazole rings is 1. The Kier molecular flexibility index (Phi) is 10.9. The van der Waals surface area contributed by atoms with E-state index in [0.717, 1.165) is 33.7 Å². The molecule has 0 bridgehead atoms. The van der Waals surface area contributed by atoms with Crippen molar-refractivity contribution in [2.24, 2.45) is 5.73 Å². The first-order chi connectivity index (χ1) is 21.9. The number of hydrogen-bond acceptors (Lipinski definition) is 5. The molecule has 0 aliphatic heterocycles. The summed E-state index contributed by atoms with van der Waals surface area (Å²) in [6.07, 6.45) is 4.08. The Bertz CT molecular complexity index is 1750. The van der Waals surface area contributed by atoms with E-state index in [9.17, 15) is 4.79 Å². The Balaban J connectivity index is 1.33. The maximum atomic E-state index is 14.1. The van der Waals surface area contributed by atoms with Crippen LogP contribution in [0.1, 0.15) is 33.5 Å². The first-order valence-electron chi connectivity index (χ1n) is 14.6. The lowest BCUT2D eigenvalue weighted by Crippen LogP contribution is -2.46. The molecule has 0 aliphatic carbocycles. The van der Waals surface area contributed by atoms with Gasteiger partial charge in [0.05, 0.1) is 34.4 Å². The molecule has 1 heterocycles. The van der Waals surface area contributed by atoms with Gasteiger partial charge < -0.3 is 19.9 Å². The second kappa shape index (κ2) is 15.4.